The summed E-state index contributed by atoms with van der Waals surface area (Å²) >= 11 is 3.14. The molecule has 2 aromatic rings. The van der Waals surface area contributed by atoms with Gasteiger partial charge in [0.05, 0.1) is 6.10 Å². The van der Waals surface area contributed by atoms with Crippen LogP contribution >= 0.6 is 15.9 Å². The number of hydrogen-bond acceptors (Lipinski definition) is 5. The molecular weight excluding hydrogens is 428 g/mol. The number of furan rings is 1. The van der Waals surface area contributed by atoms with Gasteiger partial charge in [0.25, 0.3) is 11.8 Å². The molecule has 7 nitrogen and oxygen atoms in total. The number of carbonyl (C=O) groups excluding carboxylic acids is 2. The number of amides is 2. The van der Waals surface area contributed by atoms with Crippen LogP contribution in [0.25, 0.3) is 6.08 Å². The molecule has 0 bridgehead atoms. The van der Waals surface area contributed by atoms with Crippen molar-refractivity contribution in [2.45, 2.75) is 26.4 Å². The maximum absolute atomic E-state index is 12.5. The highest BCUT2D eigenvalue weighted by atomic mass is 79.9. The first-order chi connectivity index (χ1) is 13.4. The summed E-state index contributed by atoms with van der Waals surface area (Å²) in [5.74, 6) is -0.226. The second-order valence-electron chi connectivity index (χ2n) is 6.18. The summed E-state index contributed by atoms with van der Waals surface area (Å²) in [5.41, 5.74) is 0.775. The third kappa shape index (κ3) is 6.86. The van der Waals surface area contributed by atoms with Crippen molar-refractivity contribution in [2.75, 3.05) is 13.2 Å². The van der Waals surface area contributed by atoms with Crippen LogP contribution in [0.15, 0.2) is 51.2 Å². The SMILES string of the molecule is CC(C)Oc1ccc(/C=C(\NC(=O)c2ccc(Br)o2)C(=O)NCCCO)cc1. The average Bonchev–Trinajstić information content (AvgIpc) is 3.09. The normalized spacial score (nSPS) is 11.4. The average molecular weight is 451 g/mol. The third-order valence-electron chi connectivity index (χ3n) is 3.47. The molecule has 2 amide bonds. The quantitative estimate of drug-likeness (QED) is 0.402. The second-order valence-corrected chi connectivity index (χ2v) is 6.97. The molecule has 0 atom stereocenters. The van der Waals surface area contributed by atoms with Gasteiger partial charge in [-0.05, 0) is 72.1 Å². The molecule has 0 spiro atoms. The van der Waals surface area contributed by atoms with Crippen LogP contribution in [0.5, 0.6) is 5.75 Å². The number of carbonyl (C=O) groups is 2. The largest absolute Gasteiger partial charge is 0.491 e. The van der Waals surface area contributed by atoms with Crippen LogP contribution in [0.2, 0.25) is 0 Å². The molecule has 0 radical (unpaired) electrons. The zero-order valence-corrected chi connectivity index (χ0v) is 17.3. The molecule has 0 aliphatic heterocycles. The molecule has 8 heteroatoms. The Bertz CT molecular complexity index is 827. The van der Waals surface area contributed by atoms with Crippen LogP contribution in [0.4, 0.5) is 0 Å². The van der Waals surface area contributed by atoms with Gasteiger partial charge in [0.2, 0.25) is 0 Å². The van der Waals surface area contributed by atoms with E-state index in [0.717, 1.165) is 0 Å². The number of benzene rings is 1. The van der Waals surface area contributed by atoms with E-state index >= 15 is 0 Å². The maximum atomic E-state index is 12.5. The van der Waals surface area contributed by atoms with E-state index in [2.05, 4.69) is 26.6 Å². The lowest BCUT2D eigenvalue weighted by Crippen LogP contribution is -2.35. The van der Waals surface area contributed by atoms with Crippen molar-refractivity contribution in [3.8, 4) is 5.75 Å². The Kier molecular flexibility index (Phi) is 8.28. The van der Waals surface area contributed by atoms with Crippen LogP contribution in [-0.4, -0.2) is 36.2 Å². The van der Waals surface area contributed by atoms with Crippen molar-refractivity contribution < 1.29 is 23.8 Å². The monoisotopic (exact) mass is 450 g/mol. The summed E-state index contributed by atoms with van der Waals surface area (Å²) in [6.07, 6.45) is 2.03. The molecule has 0 aliphatic rings. The van der Waals surface area contributed by atoms with Gasteiger partial charge < -0.3 is 24.9 Å². The van der Waals surface area contributed by atoms with Gasteiger partial charge in [0.15, 0.2) is 10.4 Å². The van der Waals surface area contributed by atoms with Crippen LogP contribution in [0.1, 0.15) is 36.4 Å². The summed E-state index contributed by atoms with van der Waals surface area (Å²) in [6, 6.07) is 10.2. The number of rotatable bonds is 9. The molecule has 0 saturated heterocycles. The minimum absolute atomic E-state index is 0.0383. The van der Waals surface area contributed by atoms with Crippen molar-refractivity contribution in [1.82, 2.24) is 10.6 Å². The predicted molar refractivity (Wildman–Crippen MR) is 109 cm³/mol. The standard InChI is InChI=1S/C20H23BrN2O5/c1-13(2)27-15-6-4-14(5-7-15)12-16(19(25)22-10-3-11-24)23-20(26)17-8-9-18(21)28-17/h4-9,12-13,24H,3,10-11H2,1-2H3,(H,22,25)(H,23,26)/b16-12-. The van der Waals surface area contributed by atoms with Gasteiger partial charge in [-0.3, -0.25) is 9.59 Å². The lowest BCUT2D eigenvalue weighted by atomic mass is 10.1. The van der Waals surface area contributed by atoms with Gasteiger partial charge in [0.1, 0.15) is 11.4 Å². The highest BCUT2D eigenvalue weighted by Gasteiger charge is 2.17. The zero-order chi connectivity index (χ0) is 20.5. The van der Waals surface area contributed by atoms with E-state index in [1.54, 1.807) is 36.4 Å². The lowest BCUT2D eigenvalue weighted by molar-refractivity contribution is -0.117. The first kappa shape index (κ1) is 21.7. The lowest BCUT2D eigenvalue weighted by Gasteiger charge is -2.11. The summed E-state index contributed by atoms with van der Waals surface area (Å²) < 4.78 is 11.2. The van der Waals surface area contributed by atoms with Gasteiger partial charge >= 0.3 is 0 Å². The number of aliphatic hydroxyl groups excluding tert-OH is 1. The van der Waals surface area contributed by atoms with E-state index in [1.165, 1.54) is 6.07 Å². The Hall–Kier alpha value is -2.58. The molecule has 1 aromatic heterocycles. The molecule has 1 aromatic carbocycles. The van der Waals surface area contributed by atoms with E-state index < -0.39 is 11.8 Å². The first-order valence-electron chi connectivity index (χ1n) is 8.83. The van der Waals surface area contributed by atoms with Crippen molar-refractivity contribution >= 4 is 33.8 Å². The topological polar surface area (TPSA) is 101 Å². The molecule has 3 N–H and O–H groups in total. The van der Waals surface area contributed by atoms with Crippen LogP contribution in [0, 0.1) is 0 Å². The Morgan fingerprint density at radius 3 is 2.50 bits per heavy atom. The smallest absolute Gasteiger partial charge is 0.291 e. The molecule has 0 fully saturated rings. The number of nitrogens with one attached hydrogen (secondary N) is 2. The van der Waals surface area contributed by atoms with Gasteiger partial charge in [-0.1, -0.05) is 12.1 Å². The minimum atomic E-state index is -0.547. The van der Waals surface area contributed by atoms with Crippen molar-refractivity contribution in [3.63, 3.8) is 0 Å². The summed E-state index contributed by atoms with van der Waals surface area (Å²) in [5, 5.41) is 14.1. The Morgan fingerprint density at radius 2 is 1.93 bits per heavy atom. The fraction of sp³-hybridized carbons (Fsp3) is 0.300. The van der Waals surface area contributed by atoms with Gasteiger partial charge in [-0.15, -0.1) is 0 Å². The summed E-state index contributed by atoms with van der Waals surface area (Å²) in [7, 11) is 0. The number of ether oxygens (including phenoxy) is 1. The third-order valence-corrected chi connectivity index (χ3v) is 3.90. The molecule has 2 rings (SSSR count). The van der Waals surface area contributed by atoms with Gasteiger partial charge in [-0.2, -0.15) is 0 Å². The summed E-state index contributed by atoms with van der Waals surface area (Å²) in [4.78, 5) is 24.8. The van der Waals surface area contributed by atoms with Crippen molar-refractivity contribution in [3.05, 3.63) is 58.1 Å². The maximum Gasteiger partial charge on any atom is 0.291 e. The van der Waals surface area contributed by atoms with Gasteiger partial charge in [0, 0.05) is 13.2 Å². The number of halogens is 1. The molecule has 28 heavy (non-hydrogen) atoms. The van der Waals surface area contributed by atoms with Crippen molar-refractivity contribution in [1.29, 1.82) is 0 Å². The fourth-order valence-electron chi connectivity index (χ4n) is 2.24. The van der Waals surface area contributed by atoms with Crippen LogP contribution in [-0.2, 0) is 4.79 Å². The number of aliphatic hydroxyl groups is 1. The van der Waals surface area contributed by atoms with E-state index in [9.17, 15) is 9.59 Å². The summed E-state index contributed by atoms with van der Waals surface area (Å²) in [6.45, 7) is 4.12. The second kappa shape index (κ2) is 10.7. The molecule has 1 heterocycles. The molecular formula is C20H23BrN2O5. The predicted octanol–water partition coefficient (Wildman–Crippen LogP) is 3.10. The molecule has 0 aliphatic carbocycles. The van der Waals surface area contributed by atoms with Crippen molar-refractivity contribution in [2.24, 2.45) is 0 Å². The fourth-order valence-corrected chi connectivity index (χ4v) is 2.54. The molecule has 0 unspecified atom stereocenters. The van der Waals surface area contributed by atoms with Gasteiger partial charge in [-0.25, -0.2) is 0 Å². The van der Waals surface area contributed by atoms with Crippen LogP contribution in [0.3, 0.4) is 0 Å². The van der Waals surface area contributed by atoms with E-state index in [4.69, 9.17) is 14.3 Å². The van der Waals surface area contributed by atoms with E-state index in [-0.39, 0.29) is 30.7 Å². The molecule has 150 valence electrons. The highest BCUT2D eigenvalue weighted by molar-refractivity contribution is 9.10. The zero-order valence-electron chi connectivity index (χ0n) is 15.7. The van der Waals surface area contributed by atoms with E-state index in [0.29, 0.717) is 22.4 Å². The Balaban J connectivity index is 2.19. The Labute approximate surface area is 171 Å². The van der Waals surface area contributed by atoms with E-state index in [1.807, 2.05) is 13.8 Å². The van der Waals surface area contributed by atoms with Crippen LogP contribution < -0.4 is 15.4 Å². The first-order valence-corrected chi connectivity index (χ1v) is 9.62. The Morgan fingerprint density at radius 1 is 1.21 bits per heavy atom. The number of hydrogen-bond donors (Lipinski definition) is 3. The molecule has 0 saturated carbocycles. The minimum Gasteiger partial charge on any atom is -0.491 e. The highest BCUT2D eigenvalue weighted by Crippen LogP contribution is 2.17.